The quantitative estimate of drug-likeness (QED) is 0.831. The Morgan fingerprint density at radius 1 is 1.13 bits per heavy atom. The summed E-state index contributed by atoms with van der Waals surface area (Å²) in [7, 11) is 0. The Labute approximate surface area is 88.3 Å². The number of hydrogen-bond acceptors (Lipinski definition) is 4. The Hall–Kier alpha value is -1.84. The van der Waals surface area contributed by atoms with Crippen molar-refractivity contribution in [1.82, 2.24) is 10.2 Å². The van der Waals surface area contributed by atoms with E-state index in [4.69, 9.17) is 4.42 Å². The number of rotatable bonds is 3. The molecule has 0 aromatic carbocycles. The summed E-state index contributed by atoms with van der Waals surface area (Å²) in [5.74, 6) is 2.58. The first kappa shape index (κ1) is 9.71. The Balaban J connectivity index is 1.96. The molecule has 0 saturated heterocycles. The molecule has 4 heteroatoms. The molecule has 0 spiro atoms. The van der Waals surface area contributed by atoms with Gasteiger partial charge in [0.2, 0.25) is 0 Å². The van der Waals surface area contributed by atoms with E-state index in [0.717, 1.165) is 23.0 Å². The van der Waals surface area contributed by atoms with E-state index in [-0.39, 0.29) is 0 Å². The molecule has 0 radical (unpaired) electrons. The fourth-order valence-electron chi connectivity index (χ4n) is 1.25. The number of aryl methyl sites for hydroxylation is 2. The van der Waals surface area contributed by atoms with Crippen LogP contribution in [0.1, 0.15) is 17.2 Å². The van der Waals surface area contributed by atoms with Crippen molar-refractivity contribution in [1.29, 1.82) is 0 Å². The summed E-state index contributed by atoms with van der Waals surface area (Å²) < 4.78 is 5.42. The van der Waals surface area contributed by atoms with Gasteiger partial charge in [0, 0.05) is 0 Å². The normalized spacial score (nSPS) is 10.3. The van der Waals surface area contributed by atoms with E-state index >= 15 is 0 Å². The standard InChI is InChI=1S/C11H13N3O/c1-8-3-6-11(14-13-8)12-7-10-5-4-9(2)15-10/h3-6H,7H2,1-2H3,(H,12,14). The minimum absolute atomic E-state index is 0.631. The van der Waals surface area contributed by atoms with E-state index in [1.54, 1.807) is 0 Å². The van der Waals surface area contributed by atoms with Gasteiger partial charge in [0.1, 0.15) is 17.3 Å². The van der Waals surface area contributed by atoms with Crippen LogP contribution < -0.4 is 5.32 Å². The smallest absolute Gasteiger partial charge is 0.149 e. The van der Waals surface area contributed by atoms with Crippen LogP contribution in [0.5, 0.6) is 0 Å². The van der Waals surface area contributed by atoms with Gasteiger partial charge in [-0.1, -0.05) is 0 Å². The minimum atomic E-state index is 0.631. The second-order valence-corrected chi connectivity index (χ2v) is 3.43. The lowest BCUT2D eigenvalue weighted by Crippen LogP contribution is -2.01. The molecule has 4 nitrogen and oxygen atoms in total. The average molecular weight is 203 g/mol. The number of furan rings is 1. The van der Waals surface area contributed by atoms with Gasteiger partial charge in [-0.2, -0.15) is 5.10 Å². The van der Waals surface area contributed by atoms with Crippen molar-refractivity contribution in [3.8, 4) is 0 Å². The highest BCUT2D eigenvalue weighted by Crippen LogP contribution is 2.08. The fraction of sp³-hybridized carbons (Fsp3) is 0.273. The Morgan fingerprint density at radius 2 is 2.00 bits per heavy atom. The number of anilines is 1. The molecule has 78 valence electrons. The van der Waals surface area contributed by atoms with E-state index in [0.29, 0.717) is 6.54 Å². The molecule has 0 bridgehead atoms. The molecule has 2 rings (SSSR count). The Kier molecular flexibility index (Phi) is 2.67. The van der Waals surface area contributed by atoms with Crippen LogP contribution >= 0.6 is 0 Å². The van der Waals surface area contributed by atoms with Crippen LogP contribution in [-0.2, 0) is 6.54 Å². The first-order valence-corrected chi connectivity index (χ1v) is 4.83. The van der Waals surface area contributed by atoms with E-state index in [9.17, 15) is 0 Å². The lowest BCUT2D eigenvalue weighted by atomic mass is 10.4. The summed E-state index contributed by atoms with van der Waals surface area (Å²) in [5.41, 5.74) is 0.911. The maximum Gasteiger partial charge on any atom is 0.149 e. The second kappa shape index (κ2) is 4.13. The molecule has 0 saturated carbocycles. The average Bonchev–Trinajstić information content (AvgIpc) is 2.64. The highest BCUT2D eigenvalue weighted by atomic mass is 16.3. The first-order chi connectivity index (χ1) is 7.24. The van der Waals surface area contributed by atoms with Crippen LogP contribution in [0.2, 0.25) is 0 Å². The highest BCUT2D eigenvalue weighted by molar-refractivity contribution is 5.33. The van der Waals surface area contributed by atoms with E-state index in [1.807, 2.05) is 38.1 Å². The molecule has 1 N–H and O–H groups in total. The summed E-state index contributed by atoms with van der Waals surface area (Å²) >= 11 is 0. The van der Waals surface area contributed by atoms with Gasteiger partial charge in [0.15, 0.2) is 0 Å². The molecule has 0 aliphatic carbocycles. The van der Waals surface area contributed by atoms with Crippen LogP contribution in [0.4, 0.5) is 5.82 Å². The molecule has 2 aromatic heterocycles. The fourth-order valence-corrected chi connectivity index (χ4v) is 1.25. The number of aromatic nitrogens is 2. The van der Waals surface area contributed by atoms with Gasteiger partial charge in [-0.05, 0) is 38.1 Å². The van der Waals surface area contributed by atoms with Crippen molar-refractivity contribution in [2.45, 2.75) is 20.4 Å². The molecule has 0 fully saturated rings. The topological polar surface area (TPSA) is 51.0 Å². The number of hydrogen-bond donors (Lipinski definition) is 1. The zero-order valence-corrected chi connectivity index (χ0v) is 8.82. The molecule has 2 aromatic rings. The van der Waals surface area contributed by atoms with Crippen molar-refractivity contribution < 1.29 is 4.42 Å². The van der Waals surface area contributed by atoms with Crippen LogP contribution in [0.15, 0.2) is 28.7 Å². The van der Waals surface area contributed by atoms with Gasteiger partial charge in [-0.3, -0.25) is 0 Å². The molecule has 0 aliphatic heterocycles. The zero-order valence-electron chi connectivity index (χ0n) is 8.82. The highest BCUT2D eigenvalue weighted by Gasteiger charge is 1.99. The largest absolute Gasteiger partial charge is 0.465 e. The SMILES string of the molecule is Cc1ccc(NCc2ccc(C)o2)nn1. The zero-order chi connectivity index (χ0) is 10.7. The molecule has 15 heavy (non-hydrogen) atoms. The van der Waals surface area contributed by atoms with Gasteiger partial charge >= 0.3 is 0 Å². The van der Waals surface area contributed by atoms with E-state index < -0.39 is 0 Å². The summed E-state index contributed by atoms with van der Waals surface area (Å²) in [5, 5.41) is 11.1. The van der Waals surface area contributed by atoms with Gasteiger partial charge in [0.05, 0.1) is 12.2 Å². The van der Waals surface area contributed by atoms with Crippen LogP contribution in [0.3, 0.4) is 0 Å². The monoisotopic (exact) mass is 203 g/mol. The third-order valence-corrected chi connectivity index (χ3v) is 2.04. The molecule has 0 aliphatic rings. The predicted molar refractivity (Wildman–Crippen MR) is 57.5 cm³/mol. The second-order valence-electron chi connectivity index (χ2n) is 3.43. The van der Waals surface area contributed by atoms with E-state index in [1.165, 1.54) is 0 Å². The van der Waals surface area contributed by atoms with E-state index in [2.05, 4.69) is 15.5 Å². The summed E-state index contributed by atoms with van der Waals surface area (Å²) in [6.07, 6.45) is 0. The van der Waals surface area contributed by atoms with Gasteiger partial charge < -0.3 is 9.73 Å². The van der Waals surface area contributed by atoms with Gasteiger partial charge in [0.25, 0.3) is 0 Å². The third kappa shape index (κ3) is 2.56. The van der Waals surface area contributed by atoms with Crippen molar-refractivity contribution >= 4 is 5.82 Å². The summed E-state index contributed by atoms with van der Waals surface area (Å²) in [6, 6.07) is 7.71. The maximum absolute atomic E-state index is 5.42. The maximum atomic E-state index is 5.42. The van der Waals surface area contributed by atoms with Crippen LogP contribution in [0.25, 0.3) is 0 Å². The molecule has 0 atom stereocenters. The third-order valence-electron chi connectivity index (χ3n) is 2.04. The lowest BCUT2D eigenvalue weighted by molar-refractivity contribution is 0.490. The molecule has 2 heterocycles. The Morgan fingerprint density at radius 3 is 2.60 bits per heavy atom. The molecular weight excluding hydrogens is 190 g/mol. The van der Waals surface area contributed by atoms with Crippen LogP contribution in [-0.4, -0.2) is 10.2 Å². The predicted octanol–water partition coefficient (Wildman–Crippen LogP) is 2.30. The number of nitrogens with zero attached hydrogens (tertiary/aromatic N) is 2. The first-order valence-electron chi connectivity index (χ1n) is 4.83. The van der Waals surface area contributed by atoms with Crippen molar-refractivity contribution in [3.63, 3.8) is 0 Å². The van der Waals surface area contributed by atoms with Crippen molar-refractivity contribution in [2.24, 2.45) is 0 Å². The summed E-state index contributed by atoms with van der Waals surface area (Å²) in [4.78, 5) is 0. The van der Waals surface area contributed by atoms with Gasteiger partial charge in [-0.25, -0.2) is 0 Å². The molecular formula is C11H13N3O. The summed E-state index contributed by atoms with van der Waals surface area (Å²) in [6.45, 7) is 4.47. The van der Waals surface area contributed by atoms with Crippen molar-refractivity contribution in [2.75, 3.05) is 5.32 Å². The Bertz CT molecular complexity index is 433. The molecule has 0 unspecified atom stereocenters. The number of nitrogens with one attached hydrogen (secondary N) is 1. The minimum Gasteiger partial charge on any atom is -0.465 e. The molecule has 0 amide bonds. The van der Waals surface area contributed by atoms with Gasteiger partial charge in [-0.15, -0.1) is 5.10 Å². The van der Waals surface area contributed by atoms with Crippen LogP contribution in [0, 0.1) is 13.8 Å². The van der Waals surface area contributed by atoms with Crippen molar-refractivity contribution in [3.05, 3.63) is 41.5 Å². The lowest BCUT2D eigenvalue weighted by Gasteiger charge is -2.02.